The molecule has 0 saturated carbocycles. The molecule has 0 aromatic heterocycles. The van der Waals surface area contributed by atoms with Crippen molar-refractivity contribution in [1.82, 2.24) is 10.0 Å². The van der Waals surface area contributed by atoms with Crippen molar-refractivity contribution >= 4 is 33.4 Å². The van der Waals surface area contributed by atoms with Gasteiger partial charge in [-0.1, -0.05) is 72.3 Å². The number of hydrogen-bond acceptors (Lipinski definition) is 4. The molecule has 0 radical (unpaired) electrons. The fraction of sp³-hybridized carbons (Fsp3) is 0.0909. The zero-order valence-electron chi connectivity index (χ0n) is 16.3. The number of hydrogen-bond donors (Lipinski definition) is 3. The second kappa shape index (κ2) is 9.74. The standard InChI is InChI=1S/C22H20ClN3O4S/c23-18-12-11-17(22(28)26-20(21(24)27)16-9-5-2-6-10-16)13-19(18)31(29,30)25-14-15-7-3-1-4-8-15/h1-13,20,25H,14H2,(H2,24,27)(H,26,28). The smallest absolute Gasteiger partial charge is 0.252 e. The Morgan fingerprint density at radius 1 is 0.935 bits per heavy atom. The van der Waals surface area contributed by atoms with Crippen molar-refractivity contribution in [2.75, 3.05) is 0 Å². The summed E-state index contributed by atoms with van der Waals surface area (Å²) in [7, 11) is -4.00. The maximum Gasteiger partial charge on any atom is 0.252 e. The molecule has 3 rings (SSSR count). The van der Waals surface area contributed by atoms with Crippen LogP contribution < -0.4 is 15.8 Å². The Morgan fingerprint density at radius 3 is 2.16 bits per heavy atom. The Hall–Kier alpha value is -3.20. The molecule has 0 fully saturated rings. The quantitative estimate of drug-likeness (QED) is 0.482. The highest BCUT2D eigenvalue weighted by Crippen LogP contribution is 2.23. The SMILES string of the molecule is NC(=O)C(NC(=O)c1ccc(Cl)c(S(=O)(=O)NCc2ccccc2)c1)c1ccccc1. The van der Waals surface area contributed by atoms with Crippen LogP contribution in [0.4, 0.5) is 0 Å². The van der Waals surface area contributed by atoms with Crippen molar-refractivity contribution in [3.63, 3.8) is 0 Å². The first-order chi connectivity index (χ1) is 14.8. The molecule has 0 aliphatic rings. The molecular formula is C22H20ClN3O4S. The summed E-state index contributed by atoms with van der Waals surface area (Å²) >= 11 is 6.09. The maximum atomic E-state index is 12.8. The topological polar surface area (TPSA) is 118 Å². The molecular weight excluding hydrogens is 438 g/mol. The average molecular weight is 458 g/mol. The summed E-state index contributed by atoms with van der Waals surface area (Å²) in [5.74, 6) is -1.41. The van der Waals surface area contributed by atoms with Crippen LogP contribution in [0.3, 0.4) is 0 Å². The molecule has 2 amide bonds. The Morgan fingerprint density at radius 2 is 1.55 bits per heavy atom. The number of benzene rings is 3. The van der Waals surface area contributed by atoms with Gasteiger partial charge in [-0.3, -0.25) is 9.59 Å². The van der Waals surface area contributed by atoms with Crippen LogP contribution in [0.1, 0.15) is 27.5 Å². The van der Waals surface area contributed by atoms with Crippen molar-refractivity contribution in [3.05, 3.63) is 101 Å². The largest absolute Gasteiger partial charge is 0.368 e. The zero-order chi connectivity index (χ0) is 22.4. The molecule has 3 aromatic rings. The van der Waals surface area contributed by atoms with Gasteiger partial charge in [0.1, 0.15) is 10.9 Å². The lowest BCUT2D eigenvalue weighted by atomic mass is 10.1. The summed E-state index contributed by atoms with van der Waals surface area (Å²) in [4.78, 5) is 24.3. The molecule has 4 N–H and O–H groups in total. The van der Waals surface area contributed by atoms with Crippen LogP contribution >= 0.6 is 11.6 Å². The van der Waals surface area contributed by atoms with Gasteiger partial charge in [-0.05, 0) is 29.3 Å². The highest BCUT2D eigenvalue weighted by Gasteiger charge is 2.23. The van der Waals surface area contributed by atoms with E-state index in [0.717, 1.165) is 11.6 Å². The summed E-state index contributed by atoms with van der Waals surface area (Å²) < 4.78 is 28.0. The van der Waals surface area contributed by atoms with E-state index < -0.39 is 27.9 Å². The summed E-state index contributed by atoms with van der Waals surface area (Å²) in [6.07, 6.45) is 0. The summed E-state index contributed by atoms with van der Waals surface area (Å²) in [5, 5.41) is 2.50. The monoisotopic (exact) mass is 457 g/mol. The van der Waals surface area contributed by atoms with E-state index in [-0.39, 0.29) is 22.0 Å². The number of carbonyl (C=O) groups is 2. The van der Waals surface area contributed by atoms with E-state index in [0.29, 0.717) is 5.56 Å². The Labute approximate surface area is 185 Å². The van der Waals surface area contributed by atoms with E-state index in [1.54, 1.807) is 54.6 Å². The summed E-state index contributed by atoms with van der Waals surface area (Å²) in [5.41, 5.74) is 6.73. The first kappa shape index (κ1) is 22.5. The maximum absolute atomic E-state index is 12.8. The lowest BCUT2D eigenvalue weighted by Crippen LogP contribution is -2.37. The van der Waals surface area contributed by atoms with Gasteiger partial charge in [0.2, 0.25) is 15.9 Å². The number of sulfonamides is 1. The molecule has 31 heavy (non-hydrogen) atoms. The number of rotatable bonds is 8. The number of nitrogens with one attached hydrogen (secondary N) is 2. The molecule has 7 nitrogen and oxygen atoms in total. The fourth-order valence-corrected chi connectivity index (χ4v) is 4.42. The van der Waals surface area contributed by atoms with Gasteiger partial charge in [0.25, 0.3) is 5.91 Å². The number of nitrogens with two attached hydrogens (primary N) is 1. The molecule has 9 heteroatoms. The fourth-order valence-electron chi connectivity index (χ4n) is 2.88. The number of primary amides is 1. The van der Waals surface area contributed by atoms with Gasteiger partial charge >= 0.3 is 0 Å². The molecule has 0 heterocycles. The third-order valence-corrected chi connectivity index (χ3v) is 6.37. The van der Waals surface area contributed by atoms with Gasteiger partial charge in [-0.15, -0.1) is 0 Å². The predicted molar refractivity (Wildman–Crippen MR) is 118 cm³/mol. The van der Waals surface area contributed by atoms with Crippen LogP contribution in [0.15, 0.2) is 83.8 Å². The van der Waals surface area contributed by atoms with E-state index in [9.17, 15) is 18.0 Å². The normalized spacial score (nSPS) is 12.2. The Kier molecular flexibility index (Phi) is 7.06. The van der Waals surface area contributed by atoms with E-state index in [2.05, 4.69) is 10.0 Å². The van der Waals surface area contributed by atoms with Crippen molar-refractivity contribution < 1.29 is 18.0 Å². The molecule has 3 aromatic carbocycles. The molecule has 0 spiro atoms. The van der Waals surface area contributed by atoms with Crippen molar-refractivity contribution in [1.29, 1.82) is 0 Å². The van der Waals surface area contributed by atoms with Gasteiger partial charge in [0.05, 0.1) is 5.02 Å². The van der Waals surface area contributed by atoms with Gasteiger partial charge < -0.3 is 11.1 Å². The van der Waals surface area contributed by atoms with Gasteiger partial charge in [-0.25, -0.2) is 13.1 Å². The highest BCUT2D eigenvalue weighted by molar-refractivity contribution is 7.89. The third kappa shape index (κ3) is 5.69. The Bertz CT molecular complexity index is 1190. The molecule has 1 atom stereocenters. The van der Waals surface area contributed by atoms with Crippen molar-refractivity contribution in [2.24, 2.45) is 5.73 Å². The lowest BCUT2D eigenvalue weighted by molar-refractivity contribution is -0.120. The van der Waals surface area contributed by atoms with Gasteiger partial charge in [-0.2, -0.15) is 0 Å². The lowest BCUT2D eigenvalue weighted by Gasteiger charge is -2.16. The molecule has 0 saturated heterocycles. The van der Waals surface area contributed by atoms with Crippen molar-refractivity contribution in [3.8, 4) is 0 Å². The van der Waals surface area contributed by atoms with E-state index in [1.807, 2.05) is 6.07 Å². The van der Waals surface area contributed by atoms with E-state index in [1.165, 1.54) is 12.1 Å². The predicted octanol–water partition coefficient (Wildman–Crippen LogP) is 2.77. The number of amides is 2. The zero-order valence-corrected chi connectivity index (χ0v) is 17.9. The van der Waals surface area contributed by atoms with Crippen LogP contribution in [0.2, 0.25) is 5.02 Å². The second-order valence-corrected chi connectivity index (χ2v) is 8.82. The Balaban J connectivity index is 1.82. The van der Waals surface area contributed by atoms with Crippen LogP contribution in [-0.4, -0.2) is 20.2 Å². The van der Waals surface area contributed by atoms with Gasteiger partial charge in [0.15, 0.2) is 0 Å². The van der Waals surface area contributed by atoms with Crippen LogP contribution in [0.25, 0.3) is 0 Å². The van der Waals surface area contributed by atoms with E-state index >= 15 is 0 Å². The summed E-state index contributed by atoms with van der Waals surface area (Å²) in [6, 6.07) is 20.2. The minimum atomic E-state index is -4.00. The number of carbonyl (C=O) groups excluding carboxylic acids is 2. The minimum absolute atomic E-state index is 0.0201. The van der Waals surface area contributed by atoms with Crippen LogP contribution in [-0.2, 0) is 21.4 Å². The number of halogens is 1. The van der Waals surface area contributed by atoms with Crippen LogP contribution in [0.5, 0.6) is 0 Å². The molecule has 0 aliphatic carbocycles. The molecule has 1 unspecified atom stereocenters. The third-order valence-electron chi connectivity index (χ3n) is 4.48. The second-order valence-electron chi connectivity index (χ2n) is 6.67. The van der Waals surface area contributed by atoms with Gasteiger partial charge in [0, 0.05) is 12.1 Å². The van der Waals surface area contributed by atoms with Crippen molar-refractivity contribution in [2.45, 2.75) is 17.5 Å². The molecule has 160 valence electrons. The first-order valence-electron chi connectivity index (χ1n) is 9.26. The molecule has 0 aliphatic heterocycles. The summed E-state index contributed by atoms with van der Waals surface area (Å²) in [6.45, 7) is 0.0632. The minimum Gasteiger partial charge on any atom is -0.368 e. The molecule has 0 bridgehead atoms. The van der Waals surface area contributed by atoms with Crippen LogP contribution in [0, 0.1) is 0 Å². The van der Waals surface area contributed by atoms with E-state index in [4.69, 9.17) is 17.3 Å². The first-order valence-corrected chi connectivity index (χ1v) is 11.1. The highest BCUT2D eigenvalue weighted by atomic mass is 35.5. The average Bonchev–Trinajstić information content (AvgIpc) is 2.77.